The van der Waals surface area contributed by atoms with Gasteiger partial charge in [-0.2, -0.15) is 0 Å². The Morgan fingerprint density at radius 1 is 1.30 bits per heavy atom. The van der Waals surface area contributed by atoms with Gasteiger partial charge in [-0.1, -0.05) is 18.2 Å². The second kappa shape index (κ2) is 8.48. The van der Waals surface area contributed by atoms with Crippen LogP contribution >= 0.6 is 0 Å². The highest BCUT2D eigenvalue weighted by Gasteiger charge is 2.28. The maximum atomic E-state index is 11.1. The summed E-state index contributed by atoms with van der Waals surface area (Å²) in [6, 6.07) is 7.78. The first-order valence-electron chi connectivity index (χ1n) is 8.44. The minimum Gasteiger partial charge on any atom is -0.491 e. The Morgan fingerprint density at radius 2 is 1.96 bits per heavy atom. The fraction of sp³-hybridized carbons (Fsp3) is 0.579. The number of benzene rings is 1. The molecule has 128 valence electrons. The summed E-state index contributed by atoms with van der Waals surface area (Å²) in [4.78, 5) is 2.34. The van der Waals surface area contributed by atoms with Crippen molar-refractivity contribution in [1.29, 1.82) is 0 Å². The molecular weight excluding hydrogens is 290 g/mol. The molecule has 4 nitrogen and oxygen atoms in total. The van der Waals surface area contributed by atoms with Crippen LogP contribution in [-0.4, -0.2) is 49.0 Å². The van der Waals surface area contributed by atoms with Crippen molar-refractivity contribution >= 4 is 0 Å². The largest absolute Gasteiger partial charge is 0.491 e. The van der Waals surface area contributed by atoms with E-state index in [0.29, 0.717) is 12.8 Å². The van der Waals surface area contributed by atoms with E-state index in [1.54, 1.807) is 6.08 Å². The molecule has 1 heterocycles. The topological polar surface area (TPSA) is 41.9 Å². The summed E-state index contributed by atoms with van der Waals surface area (Å²) < 4.78 is 11.0. The van der Waals surface area contributed by atoms with Crippen molar-refractivity contribution in [2.75, 3.05) is 32.8 Å². The lowest BCUT2D eigenvalue weighted by molar-refractivity contribution is -0.00298. The van der Waals surface area contributed by atoms with Gasteiger partial charge < -0.3 is 14.6 Å². The van der Waals surface area contributed by atoms with Crippen LogP contribution in [0, 0.1) is 0 Å². The van der Waals surface area contributed by atoms with Gasteiger partial charge in [0.2, 0.25) is 0 Å². The summed E-state index contributed by atoms with van der Waals surface area (Å²) in [6.45, 7) is 12.1. The Hall–Kier alpha value is -1.36. The first-order valence-corrected chi connectivity index (χ1v) is 8.44. The lowest BCUT2D eigenvalue weighted by Crippen LogP contribution is -2.39. The molecule has 0 amide bonds. The number of hydrogen-bond donors (Lipinski definition) is 1. The zero-order valence-corrected chi connectivity index (χ0v) is 14.3. The van der Waals surface area contributed by atoms with Gasteiger partial charge in [0.15, 0.2) is 0 Å². The Kier molecular flexibility index (Phi) is 6.63. The molecule has 1 fully saturated rings. The van der Waals surface area contributed by atoms with Crippen LogP contribution < -0.4 is 4.74 Å². The van der Waals surface area contributed by atoms with E-state index in [1.165, 1.54) is 0 Å². The van der Waals surface area contributed by atoms with Gasteiger partial charge in [0.05, 0.1) is 24.9 Å². The van der Waals surface area contributed by atoms with Crippen molar-refractivity contribution in [3.8, 4) is 5.75 Å². The van der Waals surface area contributed by atoms with E-state index in [-0.39, 0.29) is 6.10 Å². The van der Waals surface area contributed by atoms with Gasteiger partial charge in [-0.15, -0.1) is 6.58 Å². The molecule has 0 radical (unpaired) electrons. The fourth-order valence-electron chi connectivity index (χ4n) is 2.89. The SMILES string of the molecule is C=CC[C@](O)(CCN1CCOCC1)c1ccc(OC(C)C)cc1. The summed E-state index contributed by atoms with van der Waals surface area (Å²) in [7, 11) is 0. The molecule has 4 heteroatoms. The number of rotatable bonds is 8. The smallest absolute Gasteiger partial charge is 0.119 e. The Labute approximate surface area is 139 Å². The standard InChI is InChI=1S/C19H29NO3/c1-4-9-19(21,10-11-20-12-14-22-15-13-20)17-5-7-18(8-6-17)23-16(2)3/h4-8,16,21H,1,9-15H2,2-3H3/t19-/m0/s1. The van der Waals surface area contributed by atoms with Crippen molar-refractivity contribution in [2.45, 2.75) is 38.4 Å². The normalized spacial score (nSPS) is 18.6. The Morgan fingerprint density at radius 3 is 2.52 bits per heavy atom. The van der Waals surface area contributed by atoms with Crippen LogP contribution in [0.1, 0.15) is 32.3 Å². The van der Waals surface area contributed by atoms with Crippen LogP contribution in [0.4, 0.5) is 0 Å². The van der Waals surface area contributed by atoms with E-state index in [4.69, 9.17) is 9.47 Å². The van der Waals surface area contributed by atoms with E-state index in [1.807, 2.05) is 38.1 Å². The third kappa shape index (κ3) is 5.34. The summed E-state index contributed by atoms with van der Waals surface area (Å²) in [5.41, 5.74) is 0.0397. The third-order valence-electron chi connectivity index (χ3n) is 4.19. The summed E-state index contributed by atoms with van der Waals surface area (Å²) in [6.07, 6.45) is 3.16. The van der Waals surface area contributed by atoms with Gasteiger partial charge in [0, 0.05) is 19.6 Å². The molecular formula is C19H29NO3. The number of nitrogens with zero attached hydrogens (tertiary/aromatic N) is 1. The zero-order valence-electron chi connectivity index (χ0n) is 14.3. The van der Waals surface area contributed by atoms with Crippen molar-refractivity contribution in [3.05, 3.63) is 42.5 Å². The molecule has 1 saturated heterocycles. The number of hydrogen-bond acceptors (Lipinski definition) is 4. The van der Waals surface area contributed by atoms with Gasteiger partial charge in [0.25, 0.3) is 0 Å². The number of morpholine rings is 1. The second-order valence-corrected chi connectivity index (χ2v) is 6.42. The van der Waals surface area contributed by atoms with Gasteiger partial charge in [-0.05, 0) is 44.4 Å². The molecule has 1 aliphatic heterocycles. The van der Waals surface area contributed by atoms with Crippen LogP contribution in [0.15, 0.2) is 36.9 Å². The average molecular weight is 319 g/mol. The predicted octanol–water partition coefficient (Wildman–Crippen LogP) is 2.96. The minimum absolute atomic E-state index is 0.147. The van der Waals surface area contributed by atoms with Crippen LogP contribution in [0.3, 0.4) is 0 Å². The molecule has 2 rings (SSSR count). The molecule has 1 atom stereocenters. The predicted molar refractivity (Wildman–Crippen MR) is 92.8 cm³/mol. The molecule has 0 bridgehead atoms. The highest BCUT2D eigenvalue weighted by Crippen LogP contribution is 2.31. The van der Waals surface area contributed by atoms with Crippen molar-refractivity contribution in [2.24, 2.45) is 0 Å². The van der Waals surface area contributed by atoms with Crippen molar-refractivity contribution in [1.82, 2.24) is 4.90 Å². The molecule has 23 heavy (non-hydrogen) atoms. The maximum absolute atomic E-state index is 11.1. The molecule has 0 unspecified atom stereocenters. The lowest BCUT2D eigenvalue weighted by Gasteiger charge is -2.33. The molecule has 0 aromatic heterocycles. The first-order chi connectivity index (χ1) is 11.0. The summed E-state index contributed by atoms with van der Waals surface area (Å²) in [5.74, 6) is 0.831. The highest BCUT2D eigenvalue weighted by molar-refractivity contribution is 5.31. The summed E-state index contributed by atoms with van der Waals surface area (Å²) >= 11 is 0. The van der Waals surface area contributed by atoms with Crippen LogP contribution in [-0.2, 0) is 10.3 Å². The third-order valence-corrected chi connectivity index (χ3v) is 4.19. The van der Waals surface area contributed by atoms with Crippen LogP contribution in [0.2, 0.25) is 0 Å². The van der Waals surface area contributed by atoms with Crippen molar-refractivity contribution < 1.29 is 14.6 Å². The highest BCUT2D eigenvalue weighted by atomic mass is 16.5. The van der Waals surface area contributed by atoms with E-state index in [2.05, 4.69) is 11.5 Å². The van der Waals surface area contributed by atoms with Crippen LogP contribution in [0.25, 0.3) is 0 Å². The maximum Gasteiger partial charge on any atom is 0.119 e. The molecule has 0 saturated carbocycles. The number of aliphatic hydroxyl groups is 1. The van der Waals surface area contributed by atoms with E-state index < -0.39 is 5.60 Å². The fourth-order valence-corrected chi connectivity index (χ4v) is 2.89. The number of ether oxygens (including phenoxy) is 2. The molecule has 1 aromatic carbocycles. The van der Waals surface area contributed by atoms with Crippen molar-refractivity contribution in [3.63, 3.8) is 0 Å². The second-order valence-electron chi connectivity index (χ2n) is 6.42. The lowest BCUT2D eigenvalue weighted by atomic mass is 9.87. The monoisotopic (exact) mass is 319 g/mol. The van der Waals surface area contributed by atoms with E-state index in [0.717, 1.165) is 44.2 Å². The zero-order chi connectivity index (χ0) is 16.7. The molecule has 0 spiro atoms. The van der Waals surface area contributed by atoms with Gasteiger partial charge >= 0.3 is 0 Å². The average Bonchev–Trinajstić information content (AvgIpc) is 2.54. The van der Waals surface area contributed by atoms with Gasteiger partial charge in [0.1, 0.15) is 5.75 Å². The Balaban J connectivity index is 2.03. The van der Waals surface area contributed by atoms with E-state index >= 15 is 0 Å². The van der Waals surface area contributed by atoms with Gasteiger partial charge in [-0.25, -0.2) is 0 Å². The molecule has 1 aromatic rings. The van der Waals surface area contributed by atoms with Crippen LogP contribution in [0.5, 0.6) is 5.75 Å². The minimum atomic E-state index is -0.879. The van der Waals surface area contributed by atoms with Gasteiger partial charge in [-0.3, -0.25) is 4.90 Å². The quantitative estimate of drug-likeness (QED) is 0.748. The van der Waals surface area contributed by atoms with E-state index in [9.17, 15) is 5.11 Å². The first kappa shape index (κ1) is 18.0. The Bertz CT molecular complexity index is 480. The molecule has 1 aliphatic rings. The summed E-state index contributed by atoms with van der Waals surface area (Å²) in [5, 5.41) is 11.1. The molecule has 0 aliphatic carbocycles. The molecule has 1 N–H and O–H groups in total.